The number of nitrogens with zero attached hydrogens (tertiary/aromatic N) is 1. The number of rotatable bonds is 4. The van der Waals surface area contributed by atoms with Crippen LogP contribution in [0.15, 0.2) is 18.2 Å². The molecule has 2 unspecified atom stereocenters. The number of piperidine rings is 1. The molecule has 2 atom stereocenters. The van der Waals surface area contributed by atoms with Crippen molar-refractivity contribution in [1.82, 2.24) is 4.90 Å². The summed E-state index contributed by atoms with van der Waals surface area (Å²) in [5.41, 5.74) is 0.680. The number of hydrogen-bond donors (Lipinski definition) is 1. The van der Waals surface area contributed by atoms with E-state index in [2.05, 4.69) is 5.32 Å². The second kappa shape index (κ2) is 6.66. The molecule has 1 aromatic rings. The van der Waals surface area contributed by atoms with Crippen LogP contribution in [-0.2, 0) is 4.74 Å². The van der Waals surface area contributed by atoms with Crippen molar-refractivity contribution in [3.05, 3.63) is 18.2 Å². The fourth-order valence-corrected chi connectivity index (χ4v) is 3.72. The Balaban J connectivity index is 1.73. The maximum atomic E-state index is 12.7. The first-order valence-corrected chi connectivity index (χ1v) is 7.99. The molecule has 6 heteroatoms. The zero-order chi connectivity index (χ0) is 16.4. The molecule has 126 valence electrons. The minimum Gasteiger partial charge on any atom is -0.497 e. The number of carbonyl (C=O) groups is 1. The molecule has 2 fully saturated rings. The molecular weight excluding hydrogens is 296 g/mol. The van der Waals surface area contributed by atoms with E-state index in [0.29, 0.717) is 17.2 Å². The summed E-state index contributed by atoms with van der Waals surface area (Å²) in [7, 11) is 4.94. The first kappa shape index (κ1) is 15.9. The Labute approximate surface area is 136 Å². The summed E-state index contributed by atoms with van der Waals surface area (Å²) in [6, 6.07) is 5.86. The molecule has 0 aromatic heterocycles. The number of hydrogen-bond acceptors (Lipinski definition) is 4. The minimum absolute atomic E-state index is 0.0534. The lowest BCUT2D eigenvalue weighted by Crippen LogP contribution is -2.50. The van der Waals surface area contributed by atoms with Crippen molar-refractivity contribution in [2.75, 3.05) is 26.6 Å². The second-order valence-electron chi connectivity index (χ2n) is 6.15. The quantitative estimate of drug-likeness (QED) is 0.927. The van der Waals surface area contributed by atoms with E-state index in [4.69, 9.17) is 14.2 Å². The van der Waals surface area contributed by atoms with Gasteiger partial charge >= 0.3 is 6.03 Å². The summed E-state index contributed by atoms with van der Waals surface area (Å²) in [6.07, 6.45) is 4.22. The Kier molecular flexibility index (Phi) is 4.61. The average Bonchev–Trinajstić information content (AvgIpc) is 2.84. The van der Waals surface area contributed by atoms with Crippen LogP contribution in [-0.4, -0.2) is 50.4 Å². The van der Waals surface area contributed by atoms with Gasteiger partial charge in [0.15, 0.2) is 0 Å². The molecule has 0 aliphatic carbocycles. The number of fused-ring (bicyclic) bond motifs is 2. The molecule has 0 radical (unpaired) electrons. The zero-order valence-corrected chi connectivity index (χ0v) is 13.9. The third-order valence-corrected chi connectivity index (χ3v) is 4.86. The Bertz CT molecular complexity index is 541. The Morgan fingerprint density at radius 3 is 2.09 bits per heavy atom. The molecule has 2 amide bonds. The van der Waals surface area contributed by atoms with Crippen LogP contribution < -0.4 is 14.8 Å². The predicted molar refractivity (Wildman–Crippen MR) is 87.2 cm³/mol. The van der Waals surface area contributed by atoms with Crippen LogP contribution in [0.2, 0.25) is 0 Å². The van der Waals surface area contributed by atoms with Gasteiger partial charge in [0.1, 0.15) is 11.5 Å². The van der Waals surface area contributed by atoms with Gasteiger partial charge in [-0.05, 0) is 25.7 Å². The van der Waals surface area contributed by atoms with E-state index in [0.717, 1.165) is 25.7 Å². The lowest BCUT2D eigenvalue weighted by atomic mass is 10.0. The highest BCUT2D eigenvalue weighted by molar-refractivity contribution is 5.90. The fraction of sp³-hybridized carbons (Fsp3) is 0.588. The van der Waals surface area contributed by atoms with Gasteiger partial charge in [0.05, 0.1) is 20.3 Å². The molecule has 0 saturated carbocycles. The van der Waals surface area contributed by atoms with Crippen LogP contribution in [0.3, 0.4) is 0 Å². The van der Waals surface area contributed by atoms with E-state index in [1.807, 2.05) is 4.90 Å². The van der Waals surface area contributed by atoms with E-state index >= 15 is 0 Å². The maximum Gasteiger partial charge on any atom is 0.322 e. The van der Waals surface area contributed by atoms with Gasteiger partial charge in [-0.15, -0.1) is 0 Å². The van der Waals surface area contributed by atoms with Gasteiger partial charge in [-0.3, -0.25) is 0 Å². The average molecular weight is 320 g/mol. The highest BCUT2D eigenvalue weighted by Gasteiger charge is 2.43. The van der Waals surface area contributed by atoms with Gasteiger partial charge in [0, 0.05) is 43.1 Å². The summed E-state index contributed by atoms with van der Waals surface area (Å²) >= 11 is 0. The van der Waals surface area contributed by atoms with Crippen LogP contribution >= 0.6 is 0 Å². The second-order valence-corrected chi connectivity index (χ2v) is 6.15. The molecular formula is C17H24N2O4. The molecule has 0 spiro atoms. The van der Waals surface area contributed by atoms with Crippen molar-refractivity contribution in [2.45, 2.75) is 43.9 Å². The van der Waals surface area contributed by atoms with Crippen molar-refractivity contribution in [1.29, 1.82) is 0 Å². The SMILES string of the molecule is COc1cc(NC(=O)N2C3CCC2CC(OC)C3)cc(OC)c1. The molecule has 23 heavy (non-hydrogen) atoms. The van der Waals surface area contributed by atoms with Crippen molar-refractivity contribution in [2.24, 2.45) is 0 Å². The van der Waals surface area contributed by atoms with Gasteiger partial charge in [-0.2, -0.15) is 0 Å². The Hall–Kier alpha value is -1.95. The van der Waals surface area contributed by atoms with E-state index in [1.54, 1.807) is 39.5 Å². The Morgan fingerprint density at radius 1 is 1.04 bits per heavy atom. The molecule has 6 nitrogen and oxygen atoms in total. The summed E-state index contributed by atoms with van der Waals surface area (Å²) in [6.45, 7) is 0. The molecule has 1 aromatic carbocycles. The van der Waals surface area contributed by atoms with Crippen LogP contribution in [0, 0.1) is 0 Å². The van der Waals surface area contributed by atoms with Crippen LogP contribution in [0.4, 0.5) is 10.5 Å². The van der Waals surface area contributed by atoms with Crippen LogP contribution in [0.1, 0.15) is 25.7 Å². The lowest BCUT2D eigenvalue weighted by Gasteiger charge is -2.38. The monoisotopic (exact) mass is 320 g/mol. The lowest BCUT2D eigenvalue weighted by molar-refractivity contribution is 0.0232. The molecule has 2 heterocycles. The number of amides is 2. The number of methoxy groups -OCH3 is 3. The molecule has 3 rings (SSSR count). The fourth-order valence-electron chi connectivity index (χ4n) is 3.72. The van der Waals surface area contributed by atoms with E-state index in [9.17, 15) is 4.79 Å². The minimum atomic E-state index is -0.0534. The molecule has 1 N–H and O–H groups in total. The number of anilines is 1. The van der Waals surface area contributed by atoms with Crippen molar-refractivity contribution in [3.8, 4) is 11.5 Å². The number of ether oxygens (including phenoxy) is 3. The van der Waals surface area contributed by atoms with Crippen LogP contribution in [0.5, 0.6) is 11.5 Å². The topological polar surface area (TPSA) is 60.0 Å². The molecule has 2 aliphatic rings. The van der Waals surface area contributed by atoms with Crippen molar-refractivity contribution < 1.29 is 19.0 Å². The molecule has 2 bridgehead atoms. The van der Waals surface area contributed by atoms with E-state index < -0.39 is 0 Å². The normalized spacial score (nSPS) is 26.0. The van der Waals surface area contributed by atoms with Crippen molar-refractivity contribution in [3.63, 3.8) is 0 Å². The summed E-state index contributed by atoms with van der Waals surface area (Å²) in [4.78, 5) is 14.7. The summed E-state index contributed by atoms with van der Waals surface area (Å²) in [5.74, 6) is 1.31. The number of nitrogens with one attached hydrogen (secondary N) is 1. The number of carbonyl (C=O) groups excluding carboxylic acids is 1. The highest BCUT2D eigenvalue weighted by atomic mass is 16.5. The predicted octanol–water partition coefficient (Wildman–Crippen LogP) is 2.88. The largest absolute Gasteiger partial charge is 0.497 e. The smallest absolute Gasteiger partial charge is 0.322 e. The van der Waals surface area contributed by atoms with E-state index in [1.165, 1.54) is 0 Å². The third kappa shape index (κ3) is 3.22. The zero-order valence-electron chi connectivity index (χ0n) is 13.9. The first-order chi connectivity index (χ1) is 11.1. The Morgan fingerprint density at radius 2 is 1.61 bits per heavy atom. The molecule has 2 saturated heterocycles. The summed E-state index contributed by atoms with van der Waals surface area (Å²) in [5, 5.41) is 2.98. The van der Waals surface area contributed by atoms with Gasteiger partial charge in [0.25, 0.3) is 0 Å². The third-order valence-electron chi connectivity index (χ3n) is 4.86. The van der Waals surface area contributed by atoms with E-state index in [-0.39, 0.29) is 24.2 Å². The standard InChI is InChI=1S/C17H24N2O4/c1-21-14-6-11(7-15(10-14)22-2)18-17(20)19-12-4-5-13(19)9-16(8-12)23-3/h6-7,10,12-13,16H,4-5,8-9H2,1-3H3,(H,18,20). The van der Waals surface area contributed by atoms with Crippen LogP contribution in [0.25, 0.3) is 0 Å². The molecule has 2 aliphatic heterocycles. The van der Waals surface area contributed by atoms with Crippen molar-refractivity contribution >= 4 is 11.7 Å². The summed E-state index contributed by atoms with van der Waals surface area (Å²) < 4.78 is 16.0. The van der Waals surface area contributed by atoms with Gasteiger partial charge in [0.2, 0.25) is 0 Å². The number of urea groups is 1. The maximum absolute atomic E-state index is 12.7. The first-order valence-electron chi connectivity index (χ1n) is 7.99. The van der Waals surface area contributed by atoms with Gasteiger partial charge < -0.3 is 24.4 Å². The highest BCUT2D eigenvalue weighted by Crippen LogP contribution is 2.37. The number of benzene rings is 1. The van der Waals surface area contributed by atoms with Gasteiger partial charge in [-0.25, -0.2) is 4.79 Å². The van der Waals surface area contributed by atoms with Gasteiger partial charge in [-0.1, -0.05) is 0 Å².